The molecule has 0 bridgehead atoms. The molecule has 0 spiro atoms. The second-order valence-electron chi connectivity index (χ2n) is 7.11. The number of rotatable bonds is 7. The molecule has 1 amide bonds. The van der Waals surface area contributed by atoms with Crippen molar-refractivity contribution in [2.24, 2.45) is 12.1 Å². The van der Waals surface area contributed by atoms with Crippen LogP contribution in [0, 0.1) is 6.92 Å². The third-order valence-electron chi connectivity index (χ3n) is 4.73. The minimum absolute atomic E-state index is 0.148. The smallest absolute Gasteiger partial charge is 0.250 e. The van der Waals surface area contributed by atoms with Gasteiger partial charge in [0.25, 0.3) is 5.91 Å². The third kappa shape index (κ3) is 5.09. The van der Waals surface area contributed by atoms with Crippen LogP contribution in [0.4, 0.5) is 0 Å². The molecule has 32 heavy (non-hydrogen) atoms. The number of halogens is 1. The van der Waals surface area contributed by atoms with E-state index in [4.69, 9.17) is 11.6 Å². The lowest BCUT2D eigenvalue weighted by atomic mass is 10.2. The van der Waals surface area contributed by atoms with Gasteiger partial charge in [0.2, 0.25) is 0 Å². The predicted octanol–water partition coefficient (Wildman–Crippen LogP) is 4.48. The van der Waals surface area contributed by atoms with Crippen molar-refractivity contribution in [3.8, 4) is 17.1 Å². The molecule has 2 heterocycles. The molecule has 0 aliphatic carbocycles. The summed E-state index contributed by atoms with van der Waals surface area (Å²) >= 11 is 7.34. The summed E-state index contributed by atoms with van der Waals surface area (Å²) in [4.78, 5) is 12.3. The predicted molar refractivity (Wildman–Crippen MR) is 128 cm³/mol. The molecule has 0 unspecified atom stereocenters. The molecule has 4 aromatic rings. The molecule has 4 rings (SSSR count). The standard InChI is InChI=1S/C23H21ClN6OS/c1-16-5-11-19(12-6-16)30-22(17-7-9-18(24)10-8-17)27-28-23(30)32-15-21(31)26-25-14-20-4-3-13-29(20)2/h3-14H,15H2,1-2H3,(H,26,31)/b25-14+. The second-order valence-corrected chi connectivity index (χ2v) is 8.49. The van der Waals surface area contributed by atoms with Gasteiger partial charge in [-0.1, -0.05) is 41.1 Å². The lowest BCUT2D eigenvalue weighted by molar-refractivity contribution is -0.118. The lowest BCUT2D eigenvalue weighted by Gasteiger charge is -2.10. The Morgan fingerprint density at radius 3 is 2.56 bits per heavy atom. The van der Waals surface area contributed by atoms with Crippen molar-refractivity contribution in [1.82, 2.24) is 24.8 Å². The number of carbonyl (C=O) groups is 1. The maximum atomic E-state index is 12.3. The topological polar surface area (TPSA) is 77.1 Å². The molecule has 162 valence electrons. The van der Waals surface area contributed by atoms with E-state index in [1.54, 1.807) is 6.21 Å². The molecule has 0 radical (unpaired) electrons. The average Bonchev–Trinajstić information content (AvgIpc) is 3.40. The molecule has 0 aliphatic rings. The third-order valence-corrected chi connectivity index (χ3v) is 5.91. The highest BCUT2D eigenvalue weighted by Crippen LogP contribution is 2.28. The van der Waals surface area contributed by atoms with Crippen LogP contribution < -0.4 is 5.43 Å². The zero-order valence-corrected chi connectivity index (χ0v) is 19.1. The van der Waals surface area contributed by atoms with E-state index < -0.39 is 0 Å². The Morgan fingerprint density at radius 1 is 1.12 bits per heavy atom. The van der Waals surface area contributed by atoms with Gasteiger partial charge < -0.3 is 4.57 Å². The molecular weight excluding hydrogens is 444 g/mol. The Labute approximate surface area is 195 Å². The van der Waals surface area contributed by atoms with E-state index in [0.717, 1.165) is 22.5 Å². The Balaban J connectivity index is 1.53. The molecule has 0 saturated carbocycles. The summed E-state index contributed by atoms with van der Waals surface area (Å²) in [7, 11) is 1.91. The van der Waals surface area contributed by atoms with Crippen LogP contribution in [0.1, 0.15) is 11.3 Å². The summed E-state index contributed by atoms with van der Waals surface area (Å²) in [5.74, 6) is 0.594. The molecule has 0 fully saturated rings. The van der Waals surface area contributed by atoms with E-state index in [9.17, 15) is 4.79 Å². The fourth-order valence-electron chi connectivity index (χ4n) is 3.02. The van der Waals surface area contributed by atoms with Crippen molar-refractivity contribution in [2.75, 3.05) is 5.75 Å². The second kappa shape index (κ2) is 9.84. The first-order chi connectivity index (χ1) is 15.5. The Bertz CT molecular complexity index is 1240. The maximum Gasteiger partial charge on any atom is 0.250 e. The number of nitrogens with zero attached hydrogens (tertiary/aromatic N) is 5. The van der Waals surface area contributed by atoms with Crippen LogP contribution >= 0.6 is 23.4 Å². The highest BCUT2D eigenvalue weighted by Gasteiger charge is 2.17. The van der Waals surface area contributed by atoms with E-state index in [2.05, 4.69) is 20.7 Å². The van der Waals surface area contributed by atoms with Crippen LogP contribution in [0.5, 0.6) is 0 Å². The largest absolute Gasteiger partial charge is 0.350 e. The van der Waals surface area contributed by atoms with Gasteiger partial charge in [0.15, 0.2) is 11.0 Å². The van der Waals surface area contributed by atoms with Crippen LogP contribution in [0.15, 0.2) is 77.1 Å². The molecule has 0 aliphatic heterocycles. The molecule has 1 N–H and O–H groups in total. The first kappa shape index (κ1) is 21.9. The Hall–Kier alpha value is -3.36. The first-order valence-corrected chi connectivity index (χ1v) is 11.2. The highest BCUT2D eigenvalue weighted by molar-refractivity contribution is 7.99. The van der Waals surface area contributed by atoms with Crippen molar-refractivity contribution >= 4 is 35.5 Å². The summed E-state index contributed by atoms with van der Waals surface area (Å²) in [5.41, 5.74) is 6.39. The highest BCUT2D eigenvalue weighted by atomic mass is 35.5. The summed E-state index contributed by atoms with van der Waals surface area (Å²) in [6.07, 6.45) is 3.52. The number of amides is 1. The van der Waals surface area contributed by atoms with Gasteiger partial charge in [-0.25, -0.2) is 5.43 Å². The number of hydrogen-bond acceptors (Lipinski definition) is 5. The Kier molecular flexibility index (Phi) is 6.72. The van der Waals surface area contributed by atoms with E-state index >= 15 is 0 Å². The van der Waals surface area contributed by atoms with E-state index in [1.165, 1.54) is 11.8 Å². The lowest BCUT2D eigenvalue weighted by Crippen LogP contribution is -2.20. The van der Waals surface area contributed by atoms with Gasteiger partial charge in [-0.3, -0.25) is 9.36 Å². The molecule has 9 heteroatoms. The minimum Gasteiger partial charge on any atom is -0.350 e. The number of aryl methyl sites for hydroxylation is 2. The SMILES string of the molecule is Cc1ccc(-n2c(SCC(=O)N/N=C/c3cccn3C)nnc2-c2ccc(Cl)cc2)cc1. The number of carbonyl (C=O) groups excluding carboxylic acids is 1. The van der Waals surface area contributed by atoms with E-state index in [-0.39, 0.29) is 11.7 Å². The van der Waals surface area contributed by atoms with Crippen molar-refractivity contribution in [3.63, 3.8) is 0 Å². The quantitative estimate of drug-likeness (QED) is 0.248. The molecular formula is C23H21ClN6OS. The van der Waals surface area contributed by atoms with Crippen LogP contribution in [0.25, 0.3) is 17.1 Å². The fraction of sp³-hybridized carbons (Fsp3) is 0.130. The van der Waals surface area contributed by atoms with Gasteiger partial charge in [0.05, 0.1) is 17.7 Å². The van der Waals surface area contributed by atoms with Gasteiger partial charge >= 0.3 is 0 Å². The molecule has 0 atom stereocenters. The van der Waals surface area contributed by atoms with Crippen molar-refractivity contribution in [1.29, 1.82) is 0 Å². The summed E-state index contributed by atoms with van der Waals surface area (Å²) in [5, 5.41) is 14.0. The number of nitrogens with one attached hydrogen (secondary N) is 1. The summed E-state index contributed by atoms with van der Waals surface area (Å²) in [6.45, 7) is 2.03. The number of hydrogen-bond donors (Lipinski definition) is 1. The molecule has 2 aromatic heterocycles. The number of benzene rings is 2. The Morgan fingerprint density at radius 2 is 1.88 bits per heavy atom. The normalized spacial score (nSPS) is 11.2. The number of thioether (sulfide) groups is 1. The van der Waals surface area contributed by atoms with E-state index in [0.29, 0.717) is 16.0 Å². The van der Waals surface area contributed by atoms with Crippen LogP contribution in [0.2, 0.25) is 5.02 Å². The van der Waals surface area contributed by atoms with Gasteiger partial charge in [0.1, 0.15) is 0 Å². The van der Waals surface area contributed by atoms with Crippen molar-refractivity contribution in [3.05, 3.63) is 83.1 Å². The molecule has 0 saturated heterocycles. The molecule has 2 aromatic carbocycles. The van der Waals surface area contributed by atoms with Gasteiger partial charge in [-0.15, -0.1) is 10.2 Å². The van der Waals surface area contributed by atoms with E-state index in [1.807, 2.05) is 90.0 Å². The first-order valence-electron chi connectivity index (χ1n) is 9.86. The minimum atomic E-state index is -0.230. The fourth-order valence-corrected chi connectivity index (χ4v) is 3.89. The van der Waals surface area contributed by atoms with Crippen LogP contribution in [-0.2, 0) is 11.8 Å². The average molecular weight is 465 g/mol. The maximum absolute atomic E-state index is 12.3. The number of hydrazone groups is 1. The molecule has 7 nitrogen and oxygen atoms in total. The van der Waals surface area contributed by atoms with Crippen LogP contribution in [0.3, 0.4) is 0 Å². The zero-order chi connectivity index (χ0) is 22.5. The van der Waals surface area contributed by atoms with Gasteiger partial charge in [-0.05, 0) is 55.5 Å². The summed E-state index contributed by atoms with van der Waals surface area (Å²) < 4.78 is 3.85. The summed E-state index contributed by atoms with van der Waals surface area (Å²) in [6, 6.07) is 19.3. The van der Waals surface area contributed by atoms with Crippen molar-refractivity contribution < 1.29 is 4.79 Å². The van der Waals surface area contributed by atoms with Crippen LogP contribution in [-0.4, -0.2) is 37.2 Å². The number of aromatic nitrogens is 4. The van der Waals surface area contributed by atoms with Crippen molar-refractivity contribution in [2.45, 2.75) is 12.1 Å². The van der Waals surface area contributed by atoms with Gasteiger partial charge in [0, 0.05) is 29.5 Å². The monoisotopic (exact) mass is 464 g/mol. The van der Waals surface area contributed by atoms with Gasteiger partial charge in [-0.2, -0.15) is 5.10 Å². The zero-order valence-electron chi connectivity index (χ0n) is 17.6.